The van der Waals surface area contributed by atoms with E-state index in [0.29, 0.717) is 23.4 Å². The van der Waals surface area contributed by atoms with Crippen LogP contribution in [0.2, 0.25) is 5.02 Å². The van der Waals surface area contributed by atoms with E-state index in [9.17, 15) is 23.1 Å². The van der Waals surface area contributed by atoms with Crippen molar-refractivity contribution in [2.24, 2.45) is 0 Å². The Kier molecular flexibility index (Phi) is 4.86. The van der Waals surface area contributed by atoms with Gasteiger partial charge in [0.1, 0.15) is 28.2 Å². The molecule has 0 amide bonds. The minimum Gasteiger partial charge on any atom is -0.508 e. The Hall–Kier alpha value is -2.25. The second-order valence-corrected chi connectivity index (χ2v) is 6.79. The molecule has 1 heterocycles. The highest BCUT2D eigenvalue weighted by molar-refractivity contribution is 9.10. The van der Waals surface area contributed by atoms with Gasteiger partial charge in [-0.1, -0.05) is 17.7 Å². The Morgan fingerprint density at radius 3 is 2.35 bits per heavy atom. The van der Waals surface area contributed by atoms with Crippen molar-refractivity contribution in [3.8, 4) is 22.7 Å². The van der Waals surface area contributed by atoms with Crippen LogP contribution in [0, 0.1) is 24.4 Å². The van der Waals surface area contributed by atoms with Crippen LogP contribution in [-0.4, -0.2) is 9.67 Å². The fraction of sp³-hybridized carbons (Fsp3) is 0.0556. The predicted molar refractivity (Wildman–Crippen MR) is 96.5 cm³/mol. The van der Waals surface area contributed by atoms with Crippen LogP contribution in [0.3, 0.4) is 0 Å². The number of rotatable bonds is 2. The molecule has 0 saturated heterocycles. The van der Waals surface area contributed by atoms with Gasteiger partial charge in [-0.25, -0.2) is 13.2 Å². The van der Waals surface area contributed by atoms with Gasteiger partial charge in [0.15, 0.2) is 0 Å². The van der Waals surface area contributed by atoms with E-state index in [4.69, 9.17) is 11.6 Å². The zero-order valence-electron chi connectivity index (χ0n) is 13.2. The molecule has 0 fully saturated rings. The third kappa shape index (κ3) is 3.12. The number of phenols is 1. The highest BCUT2D eigenvalue weighted by atomic mass is 79.9. The van der Waals surface area contributed by atoms with Crippen LogP contribution in [0.4, 0.5) is 13.2 Å². The van der Waals surface area contributed by atoms with Crippen molar-refractivity contribution in [3.05, 3.63) is 79.3 Å². The van der Waals surface area contributed by atoms with Gasteiger partial charge >= 0.3 is 0 Å². The number of phenolic OH excluding ortho intramolecular Hbond substituents is 1. The lowest BCUT2D eigenvalue weighted by Crippen LogP contribution is -2.14. The Bertz CT molecular complexity index is 1080. The largest absolute Gasteiger partial charge is 0.508 e. The fourth-order valence-corrected chi connectivity index (χ4v) is 3.41. The summed E-state index contributed by atoms with van der Waals surface area (Å²) in [6, 6.07) is 5.38. The Labute approximate surface area is 159 Å². The molecule has 0 unspecified atom stereocenters. The molecule has 26 heavy (non-hydrogen) atoms. The number of hydrogen-bond acceptors (Lipinski definition) is 2. The molecule has 1 aromatic heterocycles. The van der Waals surface area contributed by atoms with Crippen molar-refractivity contribution in [2.75, 3.05) is 0 Å². The average Bonchev–Trinajstić information content (AvgIpc) is 2.56. The summed E-state index contributed by atoms with van der Waals surface area (Å²) in [5, 5.41) is 9.33. The van der Waals surface area contributed by atoms with Gasteiger partial charge in [0.2, 0.25) is 5.43 Å². The van der Waals surface area contributed by atoms with Gasteiger partial charge in [0, 0.05) is 24.4 Å². The van der Waals surface area contributed by atoms with Crippen LogP contribution in [0.5, 0.6) is 5.75 Å². The Morgan fingerprint density at radius 1 is 1.12 bits per heavy atom. The van der Waals surface area contributed by atoms with E-state index in [1.165, 1.54) is 22.9 Å². The van der Waals surface area contributed by atoms with Gasteiger partial charge in [-0.05, 0) is 34.5 Å². The molecule has 2 aromatic carbocycles. The van der Waals surface area contributed by atoms with Crippen LogP contribution < -0.4 is 5.43 Å². The lowest BCUT2D eigenvalue weighted by atomic mass is 10.1. The number of aromatic nitrogens is 1. The Balaban J connectivity index is 2.49. The summed E-state index contributed by atoms with van der Waals surface area (Å²) in [4.78, 5) is 12.2. The predicted octanol–water partition coefficient (Wildman–Crippen LogP) is 5.35. The molecule has 0 radical (unpaired) electrons. The standard InChI is InChI=1S/C18H10BrClF3NO2/c1-8-2-3-10(25)6-14(8)24-7-11(19)18(26)16(20)17(24)15-12(22)4-9(21)5-13(15)23/h2-7,25H,1H3. The van der Waals surface area contributed by atoms with Crippen molar-refractivity contribution >= 4 is 27.5 Å². The van der Waals surface area contributed by atoms with E-state index >= 15 is 0 Å². The number of aromatic hydroxyl groups is 1. The maximum Gasteiger partial charge on any atom is 0.214 e. The molecule has 3 aromatic rings. The van der Waals surface area contributed by atoms with Crippen molar-refractivity contribution < 1.29 is 18.3 Å². The highest BCUT2D eigenvalue weighted by Crippen LogP contribution is 2.35. The van der Waals surface area contributed by atoms with E-state index in [1.807, 2.05) is 0 Å². The molecular formula is C18H10BrClF3NO2. The first-order valence-electron chi connectivity index (χ1n) is 7.26. The zero-order valence-corrected chi connectivity index (χ0v) is 15.5. The summed E-state index contributed by atoms with van der Waals surface area (Å²) in [6.07, 6.45) is 1.29. The first-order chi connectivity index (χ1) is 12.2. The molecule has 1 N–H and O–H groups in total. The molecule has 0 bridgehead atoms. The topological polar surface area (TPSA) is 42.2 Å². The Morgan fingerprint density at radius 2 is 1.73 bits per heavy atom. The summed E-state index contributed by atoms with van der Waals surface area (Å²) in [5.74, 6) is -3.61. The summed E-state index contributed by atoms with van der Waals surface area (Å²) >= 11 is 9.18. The molecule has 0 spiro atoms. The van der Waals surface area contributed by atoms with E-state index in [1.54, 1.807) is 13.0 Å². The lowest BCUT2D eigenvalue weighted by molar-refractivity contribution is 0.475. The minimum absolute atomic E-state index is 0.0527. The molecule has 134 valence electrons. The minimum atomic E-state index is -1.21. The molecule has 3 rings (SSSR count). The monoisotopic (exact) mass is 443 g/mol. The summed E-state index contributed by atoms with van der Waals surface area (Å²) in [5.41, 5.74) is -0.643. The van der Waals surface area contributed by atoms with Crippen molar-refractivity contribution in [3.63, 3.8) is 0 Å². The molecule has 0 atom stereocenters. The molecule has 8 heteroatoms. The number of aryl methyl sites for hydroxylation is 1. The molecule has 0 aliphatic heterocycles. The first-order valence-corrected chi connectivity index (χ1v) is 8.43. The zero-order chi connectivity index (χ0) is 19.2. The number of benzene rings is 2. The van der Waals surface area contributed by atoms with Gasteiger partial charge < -0.3 is 9.67 Å². The molecular weight excluding hydrogens is 435 g/mol. The van der Waals surface area contributed by atoms with Gasteiger partial charge in [0.05, 0.1) is 21.4 Å². The average molecular weight is 445 g/mol. The van der Waals surface area contributed by atoms with Crippen LogP contribution in [-0.2, 0) is 0 Å². The van der Waals surface area contributed by atoms with Crippen molar-refractivity contribution in [1.82, 2.24) is 4.57 Å². The SMILES string of the molecule is Cc1ccc(O)cc1-n1cc(Br)c(=O)c(Cl)c1-c1c(F)cc(F)cc1F. The van der Waals surface area contributed by atoms with Gasteiger partial charge in [-0.3, -0.25) is 4.79 Å². The van der Waals surface area contributed by atoms with Crippen LogP contribution in [0.25, 0.3) is 16.9 Å². The van der Waals surface area contributed by atoms with Gasteiger partial charge in [0.25, 0.3) is 0 Å². The van der Waals surface area contributed by atoms with Crippen LogP contribution >= 0.6 is 27.5 Å². The summed E-state index contributed by atoms with van der Waals surface area (Å²) in [7, 11) is 0. The van der Waals surface area contributed by atoms with E-state index in [-0.39, 0.29) is 15.9 Å². The number of hydrogen-bond donors (Lipinski definition) is 1. The van der Waals surface area contributed by atoms with Crippen molar-refractivity contribution in [1.29, 1.82) is 0 Å². The van der Waals surface area contributed by atoms with Crippen LogP contribution in [0.15, 0.2) is 45.8 Å². The van der Waals surface area contributed by atoms with Crippen molar-refractivity contribution in [2.45, 2.75) is 6.92 Å². The second-order valence-electron chi connectivity index (χ2n) is 5.55. The molecule has 0 aliphatic carbocycles. The quantitative estimate of drug-likeness (QED) is 0.579. The smallest absolute Gasteiger partial charge is 0.214 e. The third-order valence-electron chi connectivity index (χ3n) is 3.80. The summed E-state index contributed by atoms with van der Waals surface area (Å²) in [6.45, 7) is 1.70. The first kappa shape index (κ1) is 18.5. The number of pyridine rings is 1. The van der Waals surface area contributed by atoms with E-state index < -0.39 is 33.5 Å². The maximum atomic E-state index is 14.4. The molecule has 3 nitrogen and oxygen atoms in total. The molecule has 0 saturated carbocycles. The fourth-order valence-electron chi connectivity index (χ4n) is 2.60. The highest BCUT2D eigenvalue weighted by Gasteiger charge is 2.23. The lowest BCUT2D eigenvalue weighted by Gasteiger charge is -2.19. The van der Waals surface area contributed by atoms with Gasteiger partial charge in [-0.2, -0.15) is 0 Å². The summed E-state index contributed by atoms with van der Waals surface area (Å²) < 4.78 is 43.3. The number of nitrogens with zero attached hydrogens (tertiary/aromatic N) is 1. The van der Waals surface area contributed by atoms with E-state index in [2.05, 4.69) is 15.9 Å². The molecule has 0 aliphatic rings. The maximum absolute atomic E-state index is 14.4. The van der Waals surface area contributed by atoms with Gasteiger partial charge in [-0.15, -0.1) is 0 Å². The third-order valence-corrected chi connectivity index (χ3v) is 4.72. The van der Waals surface area contributed by atoms with Crippen LogP contribution in [0.1, 0.15) is 5.56 Å². The second kappa shape index (κ2) is 6.81. The van der Waals surface area contributed by atoms with E-state index in [0.717, 1.165) is 0 Å². The number of halogens is 5. The normalized spacial score (nSPS) is 11.0.